The summed E-state index contributed by atoms with van der Waals surface area (Å²) in [6.45, 7) is 1.02. The predicted octanol–water partition coefficient (Wildman–Crippen LogP) is 3.95. The second kappa shape index (κ2) is 7.64. The van der Waals surface area contributed by atoms with Crippen LogP contribution in [-0.2, 0) is 11.3 Å². The Bertz CT molecular complexity index is 580. The number of hydrogen-bond donors (Lipinski definition) is 1. The zero-order chi connectivity index (χ0) is 14.4. The molecule has 0 spiro atoms. The van der Waals surface area contributed by atoms with E-state index in [9.17, 15) is 4.79 Å². The first kappa shape index (κ1) is 15.3. The molecule has 1 aromatic heterocycles. The zero-order valence-electron chi connectivity index (χ0n) is 11.7. The molecule has 1 aromatic carbocycles. The largest absolute Gasteiger partial charge is 0.481 e. The van der Waals surface area contributed by atoms with Gasteiger partial charge in [0.25, 0.3) is 4.34 Å². The van der Waals surface area contributed by atoms with Crippen LogP contribution in [0.2, 0.25) is 0 Å². The molecule has 0 bridgehead atoms. The summed E-state index contributed by atoms with van der Waals surface area (Å²) in [4.78, 5) is 10.4. The molecule has 0 saturated carbocycles. The number of para-hydroxylation sites is 1. The van der Waals surface area contributed by atoms with Crippen LogP contribution in [0, 0.1) is 0 Å². The van der Waals surface area contributed by atoms with E-state index in [1.165, 1.54) is 14.6 Å². The summed E-state index contributed by atoms with van der Waals surface area (Å²) < 4.78 is 5.07. The summed E-state index contributed by atoms with van der Waals surface area (Å²) in [5.41, 5.74) is 1.31. The Kier molecular flexibility index (Phi) is 5.86. The van der Waals surface area contributed by atoms with Crippen LogP contribution in [0.4, 0.5) is 0 Å². The molecule has 0 atom stereocenters. The molecule has 0 aliphatic heterocycles. The van der Waals surface area contributed by atoms with Gasteiger partial charge in [-0.1, -0.05) is 29.9 Å². The predicted molar refractivity (Wildman–Crippen MR) is 84.5 cm³/mol. The summed E-state index contributed by atoms with van der Waals surface area (Å²) in [7, 11) is 0. The van der Waals surface area contributed by atoms with Crippen LogP contribution in [0.5, 0.6) is 0 Å². The molecule has 1 heterocycles. The Balaban J connectivity index is 1.90. The molecule has 2 rings (SSSR count). The van der Waals surface area contributed by atoms with Gasteiger partial charge in [0, 0.05) is 18.9 Å². The molecule has 3 nitrogen and oxygen atoms in total. The van der Waals surface area contributed by atoms with Crippen LogP contribution >= 0.6 is 23.1 Å². The maximum absolute atomic E-state index is 10.4. The molecule has 108 valence electrons. The molecule has 0 aliphatic carbocycles. The van der Waals surface area contributed by atoms with Gasteiger partial charge >= 0.3 is 5.97 Å². The first-order valence-electron chi connectivity index (χ1n) is 6.89. The molecule has 0 fully saturated rings. The Morgan fingerprint density at radius 3 is 2.75 bits per heavy atom. The van der Waals surface area contributed by atoms with Crippen LogP contribution in [-0.4, -0.2) is 17.3 Å². The highest BCUT2D eigenvalue weighted by Crippen LogP contribution is 2.26. The van der Waals surface area contributed by atoms with Crippen LogP contribution in [0.15, 0.2) is 28.6 Å². The third-order valence-corrected chi connectivity index (χ3v) is 5.55. The first-order valence-corrected chi connectivity index (χ1v) is 8.93. The molecule has 0 unspecified atom stereocenters. The van der Waals surface area contributed by atoms with Crippen molar-refractivity contribution in [2.45, 2.75) is 43.0 Å². The Morgan fingerprint density at radius 1 is 1.25 bits per heavy atom. The van der Waals surface area contributed by atoms with E-state index in [1.54, 1.807) is 11.8 Å². The van der Waals surface area contributed by atoms with Crippen molar-refractivity contribution < 1.29 is 14.5 Å². The molecule has 20 heavy (non-hydrogen) atoms. The lowest BCUT2D eigenvalue weighted by molar-refractivity contribution is -0.702. The molecule has 1 N–H and O–H groups in total. The van der Waals surface area contributed by atoms with Crippen LogP contribution in [0.25, 0.3) is 10.2 Å². The monoisotopic (exact) mass is 310 g/mol. The van der Waals surface area contributed by atoms with Crippen LogP contribution in [0.3, 0.4) is 0 Å². The number of carboxylic acids is 1. The van der Waals surface area contributed by atoms with E-state index in [1.807, 2.05) is 11.3 Å². The second-order valence-electron chi connectivity index (χ2n) is 4.75. The van der Waals surface area contributed by atoms with Gasteiger partial charge in [-0.05, 0) is 36.9 Å². The van der Waals surface area contributed by atoms with Gasteiger partial charge in [-0.2, -0.15) is 4.57 Å². The van der Waals surface area contributed by atoms with Crippen LogP contribution in [0.1, 0.15) is 32.1 Å². The minimum atomic E-state index is -0.687. The number of rotatable bonds is 8. The number of unbranched alkanes of at least 4 members (excludes halogenated alkanes) is 3. The summed E-state index contributed by atoms with van der Waals surface area (Å²) in [6.07, 6.45) is 6.42. The van der Waals surface area contributed by atoms with Gasteiger partial charge in [0.05, 0.1) is 0 Å². The molecule has 0 radical (unpaired) electrons. The maximum atomic E-state index is 10.4. The topological polar surface area (TPSA) is 41.2 Å². The highest BCUT2D eigenvalue weighted by Gasteiger charge is 2.18. The Morgan fingerprint density at radius 2 is 2.00 bits per heavy atom. The van der Waals surface area contributed by atoms with Gasteiger partial charge in [0.1, 0.15) is 4.70 Å². The average molecular weight is 310 g/mol. The van der Waals surface area contributed by atoms with Crippen molar-refractivity contribution >= 4 is 39.3 Å². The Hall–Kier alpha value is -1.07. The molecular formula is C15H20NO2S2+. The van der Waals surface area contributed by atoms with Gasteiger partial charge in [-0.25, -0.2) is 0 Å². The standard InChI is InChI=1S/C15H19NO2S2/c1-19-15-16(11-7-3-2-4-10-14(17)18)12-8-5-6-9-13(12)20-15/h5-6,8-9H,2-4,7,10-11H2,1H3/p+1. The van der Waals surface area contributed by atoms with E-state index in [4.69, 9.17) is 5.11 Å². The van der Waals surface area contributed by atoms with Crippen molar-refractivity contribution in [2.75, 3.05) is 6.26 Å². The Labute approximate surface area is 127 Å². The van der Waals surface area contributed by atoms with Gasteiger partial charge in [-0.3, -0.25) is 4.79 Å². The van der Waals surface area contributed by atoms with E-state index in [2.05, 4.69) is 35.1 Å². The van der Waals surface area contributed by atoms with Crippen molar-refractivity contribution in [3.63, 3.8) is 0 Å². The lowest BCUT2D eigenvalue weighted by Gasteiger charge is -1.99. The number of thioether (sulfide) groups is 1. The minimum absolute atomic E-state index is 0.296. The van der Waals surface area contributed by atoms with Crippen molar-refractivity contribution in [2.24, 2.45) is 0 Å². The van der Waals surface area contributed by atoms with Crippen LogP contribution < -0.4 is 4.57 Å². The number of carbonyl (C=O) groups is 1. The summed E-state index contributed by atoms with van der Waals surface area (Å²) >= 11 is 3.64. The zero-order valence-corrected chi connectivity index (χ0v) is 13.3. The molecular weight excluding hydrogens is 290 g/mol. The maximum Gasteiger partial charge on any atom is 0.303 e. The number of hydrogen-bond acceptors (Lipinski definition) is 3. The third kappa shape index (κ3) is 3.96. The number of benzene rings is 1. The molecule has 5 heteroatoms. The number of aliphatic carboxylic acids is 1. The molecule has 2 aromatic rings. The quantitative estimate of drug-likeness (QED) is 0.456. The SMILES string of the molecule is CSc1sc2ccccc2[n+]1CCCCCCC(=O)O. The number of nitrogens with zero attached hydrogens (tertiary/aromatic N) is 1. The van der Waals surface area contributed by atoms with Gasteiger partial charge < -0.3 is 5.11 Å². The first-order chi connectivity index (χ1) is 9.72. The summed E-state index contributed by atoms with van der Waals surface area (Å²) in [5, 5.41) is 8.60. The van der Waals surface area contributed by atoms with E-state index in [0.29, 0.717) is 6.42 Å². The summed E-state index contributed by atoms with van der Waals surface area (Å²) in [5.74, 6) is -0.687. The normalized spacial score (nSPS) is 11.1. The lowest BCUT2D eigenvalue weighted by Crippen LogP contribution is -2.34. The van der Waals surface area contributed by atoms with Crippen molar-refractivity contribution in [1.29, 1.82) is 0 Å². The minimum Gasteiger partial charge on any atom is -0.481 e. The van der Waals surface area contributed by atoms with E-state index >= 15 is 0 Å². The molecule has 0 saturated heterocycles. The average Bonchev–Trinajstić information content (AvgIpc) is 2.80. The number of thiazole rings is 1. The van der Waals surface area contributed by atoms with Gasteiger partial charge in [-0.15, -0.1) is 0 Å². The van der Waals surface area contributed by atoms with E-state index in [0.717, 1.165) is 32.2 Å². The van der Waals surface area contributed by atoms with E-state index < -0.39 is 5.97 Å². The molecule has 0 aliphatic rings. The number of aromatic nitrogens is 1. The number of fused-ring (bicyclic) bond motifs is 1. The third-order valence-electron chi connectivity index (χ3n) is 3.27. The fourth-order valence-corrected chi connectivity index (χ4v) is 4.21. The van der Waals surface area contributed by atoms with E-state index in [-0.39, 0.29) is 0 Å². The smallest absolute Gasteiger partial charge is 0.303 e. The molecule has 0 amide bonds. The highest BCUT2D eigenvalue weighted by atomic mass is 32.2. The second-order valence-corrected chi connectivity index (χ2v) is 6.83. The van der Waals surface area contributed by atoms with Gasteiger partial charge in [0.2, 0.25) is 5.52 Å². The number of carboxylic acid groups (broad SMARTS) is 1. The number of aryl methyl sites for hydroxylation is 1. The lowest BCUT2D eigenvalue weighted by atomic mass is 10.1. The highest BCUT2D eigenvalue weighted by molar-refractivity contribution is 8.00. The fourth-order valence-electron chi connectivity index (χ4n) is 2.28. The van der Waals surface area contributed by atoms with Crippen molar-refractivity contribution in [3.05, 3.63) is 24.3 Å². The van der Waals surface area contributed by atoms with Crippen molar-refractivity contribution in [1.82, 2.24) is 0 Å². The summed E-state index contributed by atoms with van der Waals surface area (Å²) in [6, 6.07) is 8.51. The fraction of sp³-hybridized carbons (Fsp3) is 0.467. The van der Waals surface area contributed by atoms with Crippen molar-refractivity contribution in [3.8, 4) is 0 Å². The van der Waals surface area contributed by atoms with Gasteiger partial charge in [0.15, 0.2) is 6.54 Å².